The third-order valence-corrected chi connectivity index (χ3v) is 6.48. The quantitative estimate of drug-likeness (QED) is 0.357. The Morgan fingerprint density at radius 2 is 1.33 bits per heavy atom. The van der Waals surface area contributed by atoms with Crippen molar-refractivity contribution in [1.29, 1.82) is 0 Å². The van der Waals surface area contributed by atoms with Crippen LogP contribution in [0.2, 0.25) is 6.55 Å². The SMILES string of the molecule is C[Si]c1c(C(C)C)cc(-c2ccc3c(c2)oc2ccccc23)cc1C(C)C. The number of para-hydroxylation sites is 1. The number of furan rings is 1. The van der Waals surface area contributed by atoms with Crippen molar-refractivity contribution < 1.29 is 4.42 Å². The molecule has 0 N–H and O–H groups in total. The number of fused-ring (bicyclic) bond motifs is 3. The standard InChI is InChI=1S/C25H26OSi/c1-15(2)21-12-18(13-22(16(3)4)25(21)27-5)17-10-11-20-19-8-6-7-9-23(19)26-24(20)14-17/h6-16H,1-5H3. The highest BCUT2D eigenvalue weighted by atomic mass is 28.2. The smallest absolute Gasteiger partial charge is 0.136 e. The van der Waals surface area contributed by atoms with E-state index in [1.54, 1.807) is 5.19 Å². The van der Waals surface area contributed by atoms with Gasteiger partial charge in [-0.3, -0.25) is 0 Å². The summed E-state index contributed by atoms with van der Waals surface area (Å²) >= 11 is 0. The van der Waals surface area contributed by atoms with E-state index in [-0.39, 0.29) is 0 Å². The van der Waals surface area contributed by atoms with Crippen LogP contribution in [-0.4, -0.2) is 9.52 Å². The van der Waals surface area contributed by atoms with E-state index in [0.717, 1.165) is 20.7 Å². The van der Waals surface area contributed by atoms with Crippen LogP contribution in [-0.2, 0) is 0 Å². The maximum absolute atomic E-state index is 6.12. The van der Waals surface area contributed by atoms with Crippen LogP contribution in [0.25, 0.3) is 33.1 Å². The molecule has 0 bridgehead atoms. The largest absolute Gasteiger partial charge is 0.456 e. The Balaban J connectivity index is 1.93. The Morgan fingerprint density at radius 1 is 0.704 bits per heavy atom. The zero-order valence-electron chi connectivity index (χ0n) is 16.8. The molecular formula is C25H26OSi. The van der Waals surface area contributed by atoms with Gasteiger partial charge < -0.3 is 4.42 Å². The number of hydrogen-bond acceptors (Lipinski definition) is 1. The summed E-state index contributed by atoms with van der Waals surface area (Å²) in [4.78, 5) is 0. The van der Waals surface area contributed by atoms with Crippen LogP contribution < -0.4 is 5.19 Å². The van der Waals surface area contributed by atoms with E-state index in [4.69, 9.17) is 4.42 Å². The molecule has 27 heavy (non-hydrogen) atoms. The summed E-state index contributed by atoms with van der Waals surface area (Å²) in [6, 6.07) is 19.7. The van der Waals surface area contributed by atoms with Crippen molar-refractivity contribution in [2.24, 2.45) is 0 Å². The van der Waals surface area contributed by atoms with Gasteiger partial charge in [-0.25, -0.2) is 0 Å². The van der Waals surface area contributed by atoms with Gasteiger partial charge in [0.25, 0.3) is 0 Å². The van der Waals surface area contributed by atoms with Gasteiger partial charge in [0, 0.05) is 10.8 Å². The highest BCUT2D eigenvalue weighted by Gasteiger charge is 2.16. The summed E-state index contributed by atoms with van der Waals surface area (Å²) in [6.45, 7) is 11.5. The summed E-state index contributed by atoms with van der Waals surface area (Å²) in [5.74, 6) is 1.06. The van der Waals surface area contributed by atoms with E-state index in [1.807, 2.05) is 12.1 Å². The molecule has 0 fully saturated rings. The van der Waals surface area contributed by atoms with Crippen LogP contribution in [0.4, 0.5) is 0 Å². The van der Waals surface area contributed by atoms with Crippen molar-refractivity contribution >= 4 is 36.6 Å². The molecule has 0 saturated carbocycles. The van der Waals surface area contributed by atoms with E-state index in [9.17, 15) is 0 Å². The molecule has 1 aromatic heterocycles. The topological polar surface area (TPSA) is 13.1 Å². The molecule has 0 aliphatic rings. The molecule has 136 valence electrons. The molecule has 0 unspecified atom stereocenters. The van der Waals surface area contributed by atoms with E-state index in [2.05, 4.69) is 76.7 Å². The van der Waals surface area contributed by atoms with Crippen molar-refractivity contribution in [3.05, 3.63) is 65.7 Å². The summed E-state index contributed by atoms with van der Waals surface area (Å²) in [5.41, 5.74) is 7.43. The lowest BCUT2D eigenvalue weighted by Crippen LogP contribution is -2.24. The van der Waals surface area contributed by atoms with Crippen molar-refractivity contribution in [1.82, 2.24) is 0 Å². The zero-order valence-corrected chi connectivity index (χ0v) is 17.8. The molecular weight excluding hydrogens is 344 g/mol. The van der Waals surface area contributed by atoms with E-state index in [0.29, 0.717) is 11.8 Å². The van der Waals surface area contributed by atoms with Gasteiger partial charge in [-0.05, 0) is 52.3 Å². The minimum absolute atomic E-state index is 0.528. The van der Waals surface area contributed by atoms with Gasteiger partial charge >= 0.3 is 0 Å². The monoisotopic (exact) mass is 370 g/mol. The Hall–Kier alpha value is -2.32. The fourth-order valence-corrected chi connectivity index (χ4v) is 5.26. The van der Waals surface area contributed by atoms with Gasteiger partial charge in [0.2, 0.25) is 0 Å². The molecule has 3 aromatic carbocycles. The van der Waals surface area contributed by atoms with E-state index >= 15 is 0 Å². The number of hydrogen-bond donors (Lipinski definition) is 0. The average molecular weight is 371 g/mol. The van der Waals surface area contributed by atoms with Crippen molar-refractivity contribution in [2.75, 3.05) is 0 Å². The highest BCUT2D eigenvalue weighted by molar-refractivity contribution is 6.53. The summed E-state index contributed by atoms with van der Waals surface area (Å²) in [7, 11) is 0.826. The molecule has 4 rings (SSSR count). The molecule has 0 atom stereocenters. The van der Waals surface area contributed by atoms with Crippen LogP contribution in [0.3, 0.4) is 0 Å². The van der Waals surface area contributed by atoms with Crippen molar-refractivity contribution in [3.8, 4) is 11.1 Å². The third kappa shape index (κ3) is 3.12. The molecule has 0 amide bonds. The first-order chi connectivity index (χ1) is 13.0. The summed E-state index contributed by atoms with van der Waals surface area (Å²) < 4.78 is 6.12. The molecule has 0 aliphatic heterocycles. The maximum Gasteiger partial charge on any atom is 0.136 e. The Bertz CT molecular complexity index is 1090. The third-order valence-electron chi connectivity index (χ3n) is 5.41. The molecule has 0 saturated heterocycles. The summed E-state index contributed by atoms with van der Waals surface area (Å²) in [5, 5.41) is 3.93. The molecule has 4 aromatic rings. The van der Waals surface area contributed by atoms with Gasteiger partial charge in [0.15, 0.2) is 0 Å². The zero-order chi connectivity index (χ0) is 19.1. The fraction of sp³-hybridized carbons (Fsp3) is 0.280. The minimum Gasteiger partial charge on any atom is -0.456 e. The van der Waals surface area contributed by atoms with Crippen LogP contribution in [0.1, 0.15) is 50.7 Å². The van der Waals surface area contributed by atoms with Crippen molar-refractivity contribution in [3.63, 3.8) is 0 Å². The maximum atomic E-state index is 6.12. The first kappa shape index (κ1) is 18.1. The molecule has 2 radical (unpaired) electrons. The first-order valence-corrected chi connectivity index (χ1v) is 11.3. The van der Waals surface area contributed by atoms with Gasteiger partial charge in [-0.2, -0.15) is 0 Å². The second-order valence-corrected chi connectivity index (χ2v) is 8.90. The van der Waals surface area contributed by atoms with Crippen LogP contribution in [0.5, 0.6) is 0 Å². The normalized spacial score (nSPS) is 12.0. The molecule has 0 spiro atoms. The van der Waals surface area contributed by atoms with Gasteiger partial charge in [-0.15, -0.1) is 0 Å². The lowest BCUT2D eigenvalue weighted by atomic mass is 9.90. The number of rotatable bonds is 4. The van der Waals surface area contributed by atoms with Crippen LogP contribution in [0.15, 0.2) is 59.0 Å². The average Bonchev–Trinajstić information content (AvgIpc) is 3.04. The molecule has 2 heteroatoms. The predicted octanol–water partition coefficient (Wildman–Crippen LogP) is 6.88. The van der Waals surface area contributed by atoms with Gasteiger partial charge in [-0.1, -0.05) is 75.8 Å². The molecule has 0 aliphatic carbocycles. The highest BCUT2D eigenvalue weighted by Crippen LogP contribution is 2.33. The molecule has 1 heterocycles. The predicted molar refractivity (Wildman–Crippen MR) is 119 cm³/mol. The second kappa shape index (κ2) is 7.01. The van der Waals surface area contributed by atoms with Crippen LogP contribution >= 0.6 is 0 Å². The van der Waals surface area contributed by atoms with Gasteiger partial charge in [0.05, 0.1) is 9.52 Å². The lowest BCUT2D eigenvalue weighted by molar-refractivity contribution is 0.669. The number of benzene rings is 3. The van der Waals surface area contributed by atoms with E-state index in [1.165, 1.54) is 33.0 Å². The summed E-state index contributed by atoms with van der Waals surface area (Å²) in [6.07, 6.45) is 0. The van der Waals surface area contributed by atoms with Gasteiger partial charge in [0.1, 0.15) is 11.2 Å². The first-order valence-electron chi connectivity index (χ1n) is 9.77. The second-order valence-electron chi connectivity index (χ2n) is 7.90. The Kier molecular flexibility index (Phi) is 4.69. The Morgan fingerprint density at radius 3 is 1.96 bits per heavy atom. The Labute approximate surface area is 164 Å². The molecule has 1 nitrogen and oxygen atoms in total. The minimum atomic E-state index is 0.528. The lowest BCUT2D eigenvalue weighted by Gasteiger charge is -2.21. The van der Waals surface area contributed by atoms with Crippen molar-refractivity contribution in [2.45, 2.75) is 46.1 Å². The fourth-order valence-electron chi connectivity index (χ4n) is 3.96. The van der Waals surface area contributed by atoms with E-state index < -0.39 is 0 Å². The van der Waals surface area contributed by atoms with Crippen LogP contribution in [0, 0.1) is 0 Å².